The maximum absolute atomic E-state index is 13.7. The summed E-state index contributed by atoms with van der Waals surface area (Å²) in [4.78, 5) is 12.8. The van der Waals surface area contributed by atoms with Crippen LogP contribution in [0.25, 0.3) is 0 Å². The summed E-state index contributed by atoms with van der Waals surface area (Å²) in [6.07, 6.45) is 0. The maximum Gasteiger partial charge on any atom is 0.275 e. The highest BCUT2D eigenvalue weighted by Gasteiger charge is 2.15. The van der Waals surface area contributed by atoms with E-state index in [0.29, 0.717) is 28.7 Å². The Morgan fingerprint density at radius 3 is 2.65 bits per heavy atom. The van der Waals surface area contributed by atoms with Crippen LogP contribution in [0.15, 0.2) is 42.5 Å². The first-order valence-corrected chi connectivity index (χ1v) is 7.96. The minimum absolute atomic E-state index is 0.116. The molecule has 0 aromatic heterocycles. The summed E-state index contributed by atoms with van der Waals surface area (Å²) in [5.74, 6) is -0.467. The molecule has 3 nitrogen and oxygen atoms in total. The molecule has 0 bridgehead atoms. The van der Waals surface area contributed by atoms with Gasteiger partial charge in [0, 0.05) is 11.6 Å². The summed E-state index contributed by atoms with van der Waals surface area (Å²) >= 11 is 11.9. The summed E-state index contributed by atoms with van der Waals surface area (Å²) in [5, 5.41) is 3.84. The molecule has 0 fully saturated rings. The molecule has 0 radical (unpaired) electrons. The van der Waals surface area contributed by atoms with Crippen molar-refractivity contribution in [3.8, 4) is 0 Å². The van der Waals surface area contributed by atoms with Gasteiger partial charge in [-0.3, -0.25) is 4.79 Å². The molecule has 23 heavy (non-hydrogen) atoms. The first kappa shape index (κ1) is 17.7. The molecule has 0 aliphatic heterocycles. The first-order chi connectivity index (χ1) is 11.0. The van der Waals surface area contributed by atoms with Gasteiger partial charge in [-0.15, -0.1) is 0 Å². The summed E-state index contributed by atoms with van der Waals surface area (Å²) in [6, 6.07) is 11.9. The largest absolute Gasteiger partial charge is 0.347 e. The van der Waals surface area contributed by atoms with Gasteiger partial charge in [-0.25, -0.2) is 4.39 Å². The number of carbonyl (C=O) groups excluding carboxylic acids is 1. The Bertz CT molecular complexity index is 674. The number of halogens is 3. The molecular weight excluding hydrogens is 338 g/mol. The third kappa shape index (κ3) is 5.50. The van der Waals surface area contributed by atoms with Crippen LogP contribution in [0.3, 0.4) is 0 Å². The summed E-state index contributed by atoms with van der Waals surface area (Å²) in [7, 11) is 1.82. The zero-order valence-corrected chi connectivity index (χ0v) is 14.2. The van der Waals surface area contributed by atoms with E-state index in [-0.39, 0.29) is 18.3 Å². The standard InChI is InChI=1S/C17H17Cl2FN2O/c1-22(10-14-15(19)6-3-7-16(14)20)11-17(23)21-9-12-4-2-5-13(18)8-12/h2-8H,9-11H2,1H3,(H,21,23)/p+1. The van der Waals surface area contributed by atoms with Crippen molar-refractivity contribution >= 4 is 29.1 Å². The van der Waals surface area contributed by atoms with Crippen LogP contribution in [-0.4, -0.2) is 19.5 Å². The number of likely N-dealkylation sites (N-methyl/N-ethyl adjacent to an activating group) is 1. The second-order valence-corrected chi connectivity index (χ2v) is 6.26. The van der Waals surface area contributed by atoms with E-state index in [2.05, 4.69) is 5.32 Å². The number of quaternary nitrogens is 1. The van der Waals surface area contributed by atoms with Crippen LogP contribution in [0.1, 0.15) is 11.1 Å². The smallest absolute Gasteiger partial charge is 0.275 e. The van der Waals surface area contributed by atoms with E-state index in [1.807, 2.05) is 19.2 Å². The Kier molecular flexibility index (Phi) is 6.39. The highest BCUT2D eigenvalue weighted by Crippen LogP contribution is 2.17. The average molecular weight is 356 g/mol. The molecule has 122 valence electrons. The van der Waals surface area contributed by atoms with Gasteiger partial charge in [0.2, 0.25) is 0 Å². The fourth-order valence-electron chi connectivity index (χ4n) is 2.25. The molecule has 0 heterocycles. The zero-order valence-electron chi connectivity index (χ0n) is 12.7. The summed E-state index contributed by atoms with van der Waals surface area (Å²) < 4.78 is 13.7. The number of hydrogen-bond acceptors (Lipinski definition) is 1. The van der Waals surface area contributed by atoms with E-state index in [0.717, 1.165) is 10.5 Å². The fraction of sp³-hybridized carbons (Fsp3) is 0.235. The number of benzene rings is 2. The molecule has 0 aliphatic rings. The second-order valence-electron chi connectivity index (χ2n) is 5.42. The highest BCUT2D eigenvalue weighted by molar-refractivity contribution is 6.31. The Morgan fingerprint density at radius 2 is 1.96 bits per heavy atom. The zero-order chi connectivity index (χ0) is 16.8. The molecule has 1 atom stereocenters. The van der Waals surface area contributed by atoms with Crippen molar-refractivity contribution in [2.75, 3.05) is 13.6 Å². The predicted molar refractivity (Wildman–Crippen MR) is 90.2 cm³/mol. The van der Waals surface area contributed by atoms with Crippen LogP contribution in [0.2, 0.25) is 10.0 Å². The third-order valence-corrected chi connectivity index (χ3v) is 3.97. The Labute approximate surface area is 145 Å². The summed E-state index contributed by atoms with van der Waals surface area (Å²) in [5.41, 5.74) is 1.36. The van der Waals surface area contributed by atoms with E-state index < -0.39 is 0 Å². The number of rotatable bonds is 6. The number of carbonyl (C=O) groups is 1. The van der Waals surface area contributed by atoms with Crippen LogP contribution < -0.4 is 10.2 Å². The third-order valence-electron chi connectivity index (χ3n) is 3.38. The van der Waals surface area contributed by atoms with Gasteiger partial charge in [-0.05, 0) is 29.8 Å². The lowest BCUT2D eigenvalue weighted by atomic mass is 10.2. The Morgan fingerprint density at radius 1 is 1.22 bits per heavy atom. The minimum atomic E-state index is -0.351. The van der Waals surface area contributed by atoms with Gasteiger partial charge in [0.25, 0.3) is 5.91 Å². The second kappa shape index (κ2) is 8.29. The van der Waals surface area contributed by atoms with Gasteiger partial charge < -0.3 is 10.2 Å². The van der Waals surface area contributed by atoms with Crippen LogP contribution in [0.4, 0.5) is 4.39 Å². The minimum Gasteiger partial charge on any atom is -0.347 e. The van der Waals surface area contributed by atoms with Gasteiger partial charge >= 0.3 is 0 Å². The molecule has 2 rings (SSSR count). The maximum atomic E-state index is 13.7. The van der Waals surface area contributed by atoms with Gasteiger partial charge in [0.05, 0.1) is 17.6 Å². The van der Waals surface area contributed by atoms with Crippen LogP contribution in [0, 0.1) is 5.82 Å². The van der Waals surface area contributed by atoms with Crippen molar-refractivity contribution in [3.63, 3.8) is 0 Å². The molecular formula is C17H18Cl2FN2O+. The predicted octanol–water partition coefficient (Wildman–Crippen LogP) is 2.46. The molecule has 0 saturated carbocycles. The van der Waals surface area contributed by atoms with E-state index in [9.17, 15) is 9.18 Å². The van der Waals surface area contributed by atoms with Crippen LogP contribution in [0.5, 0.6) is 0 Å². The normalized spacial score (nSPS) is 12.0. The Balaban J connectivity index is 1.85. The molecule has 1 amide bonds. The fourth-order valence-corrected chi connectivity index (χ4v) is 2.69. The van der Waals surface area contributed by atoms with E-state index in [1.165, 1.54) is 6.07 Å². The monoisotopic (exact) mass is 355 g/mol. The van der Waals surface area contributed by atoms with E-state index in [1.54, 1.807) is 24.3 Å². The summed E-state index contributed by atoms with van der Waals surface area (Å²) in [6.45, 7) is 0.981. The first-order valence-electron chi connectivity index (χ1n) is 7.21. The van der Waals surface area contributed by atoms with Crippen molar-refractivity contribution < 1.29 is 14.1 Å². The topological polar surface area (TPSA) is 33.5 Å². The molecule has 0 aliphatic carbocycles. The molecule has 0 saturated heterocycles. The average Bonchev–Trinajstić information content (AvgIpc) is 2.49. The highest BCUT2D eigenvalue weighted by atomic mass is 35.5. The SMILES string of the molecule is C[NH+](CC(=O)NCc1cccc(Cl)c1)Cc1c(F)cccc1Cl. The molecule has 1 unspecified atom stereocenters. The van der Waals surface area contributed by atoms with Crippen molar-refractivity contribution in [1.82, 2.24) is 5.32 Å². The lowest BCUT2D eigenvalue weighted by molar-refractivity contribution is -0.885. The van der Waals surface area contributed by atoms with E-state index in [4.69, 9.17) is 23.2 Å². The lowest BCUT2D eigenvalue weighted by Crippen LogP contribution is -3.09. The Hall–Kier alpha value is -1.62. The van der Waals surface area contributed by atoms with Crippen molar-refractivity contribution in [1.29, 1.82) is 0 Å². The number of amides is 1. The van der Waals surface area contributed by atoms with Crippen LogP contribution in [-0.2, 0) is 17.9 Å². The number of hydrogen-bond donors (Lipinski definition) is 2. The van der Waals surface area contributed by atoms with Crippen LogP contribution >= 0.6 is 23.2 Å². The van der Waals surface area contributed by atoms with Gasteiger partial charge in [-0.2, -0.15) is 0 Å². The molecule has 6 heteroatoms. The molecule has 2 aromatic carbocycles. The van der Waals surface area contributed by atoms with Crippen molar-refractivity contribution in [2.45, 2.75) is 13.1 Å². The van der Waals surface area contributed by atoms with Gasteiger partial charge in [0.1, 0.15) is 12.4 Å². The number of nitrogens with one attached hydrogen (secondary N) is 2. The molecule has 2 N–H and O–H groups in total. The van der Waals surface area contributed by atoms with Crippen molar-refractivity contribution in [3.05, 3.63) is 69.5 Å². The molecule has 0 spiro atoms. The van der Waals surface area contributed by atoms with Gasteiger partial charge in [-0.1, -0.05) is 41.4 Å². The quantitative estimate of drug-likeness (QED) is 0.819. The van der Waals surface area contributed by atoms with Crippen molar-refractivity contribution in [2.24, 2.45) is 0 Å². The molecule has 2 aromatic rings. The van der Waals surface area contributed by atoms with E-state index >= 15 is 0 Å². The lowest BCUT2D eigenvalue weighted by Gasteiger charge is -2.15. The van der Waals surface area contributed by atoms with Gasteiger partial charge in [0.15, 0.2) is 6.54 Å².